The second kappa shape index (κ2) is 9.56. The number of amides is 1. The molecule has 0 radical (unpaired) electrons. The molecule has 1 aromatic rings. The molecule has 0 aromatic heterocycles. The third-order valence-corrected chi connectivity index (χ3v) is 3.53. The van der Waals surface area contributed by atoms with Crippen molar-refractivity contribution in [1.82, 2.24) is 4.90 Å². The Labute approximate surface area is 156 Å². The molecular formula is C18H21NO8. The quantitative estimate of drug-likeness (QED) is 0.421. The van der Waals surface area contributed by atoms with E-state index in [9.17, 15) is 19.2 Å². The fraction of sp³-hybridized carbons (Fsp3) is 0.444. The van der Waals surface area contributed by atoms with Gasteiger partial charge in [0.1, 0.15) is 12.6 Å². The summed E-state index contributed by atoms with van der Waals surface area (Å²) in [6.07, 6.45) is -2.51. The predicted octanol–water partition coefficient (Wildman–Crippen LogP) is 2.23. The first-order valence-electron chi connectivity index (χ1n) is 8.38. The third kappa shape index (κ3) is 6.28. The summed E-state index contributed by atoms with van der Waals surface area (Å²) in [6, 6.07) is 7.74. The maximum absolute atomic E-state index is 12.2. The normalized spacial score (nSPS) is 16.0. The van der Waals surface area contributed by atoms with E-state index < -0.39 is 36.6 Å². The Hall–Kier alpha value is -3.10. The molecule has 27 heavy (non-hydrogen) atoms. The van der Waals surface area contributed by atoms with Gasteiger partial charge in [0.2, 0.25) is 0 Å². The van der Waals surface area contributed by atoms with Gasteiger partial charge >= 0.3 is 24.2 Å². The maximum atomic E-state index is 12.2. The Morgan fingerprint density at radius 3 is 2.56 bits per heavy atom. The fourth-order valence-electron chi connectivity index (χ4n) is 2.18. The molecule has 1 aliphatic rings. The van der Waals surface area contributed by atoms with Crippen molar-refractivity contribution < 1.29 is 38.1 Å². The van der Waals surface area contributed by atoms with Crippen molar-refractivity contribution >= 4 is 24.2 Å². The van der Waals surface area contributed by atoms with E-state index in [4.69, 9.17) is 14.2 Å². The van der Waals surface area contributed by atoms with Crippen LogP contribution in [0.4, 0.5) is 9.59 Å². The largest absolute Gasteiger partial charge is 0.516 e. The van der Waals surface area contributed by atoms with Gasteiger partial charge in [-0.25, -0.2) is 14.4 Å². The number of esters is 2. The van der Waals surface area contributed by atoms with Crippen LogP contribution in [0.1, 0.15) is 25.8 Å². The molecule has 2 rings (SSSR count). The van der Waals surface area contributed by atoms with Gasteiger partial charge in [0.05, 0.1) is 13.0 Å². The van der Waals surface area contributed by atoms with Crippen LogP contribution in [0.2, 0.25) is 0 Å². The van der Waals surface area contributed by atoms with E-state index in [0.29, 0.717) is 0 Å². The van der Waals surface area contributed by atoms with Gasteiger partial charge in [-0.3, -0.25) is 9.69 Å². The minimum absolute atomic E-state index is 0.00303. The highest BCUT2D eigenvalue weighted by molar-refractivity contribution is 5.90. The molecule has 0 aliphatic carbocycles. The molecule has 1 aromatic carbocycles. The summed E-state index contributed by atoms with van der Waals surface area (Å²) in [6.45, 7) is 3.39. The van der Waals surface area contributed by atoms with E-state index >= 15 is 0 Å². The molecule has 0 unspecified atom stereocenters. The second-order valence-corrected chi connectivity index (χ2v) is 6.25. The average Bonchev–Trinajstić information content (AvgIpc) is 2.99. The molecule has 1 aliphatic heterocycles. The molecule has 9 nitrogen and oxygen atoms in total. The van der Waals surface area contributed by atoms with E-state index in [0.717, 1.165) is 10.5 Å². The lowest BCUT2D eigenvalue weighted by molar-refractivity contribution is -0.146. The highest BCUT2D eigenvalue weighted by atomic mass is 16.7. The van der Waals surface area contributed by atoms with Crippen molar-refractivity contribution in [3.05, 3.63) is 35.9 Å². The average molecular weight is 379 g/mol. The Kier molecular flexibility index (Phi) is 7.16. The van der Waals surface area contributed by atoms with Gasteiger partial charge in [-0.15, -0.1) is 0 Å². The highest BCUT2D eigenvalue weighted by Gasteiger charge is 2.41. The van der Waals surface area contributed by atoms with Crippen molar-refractivity contribution in [2.75, 3.05) is 13.3 Å². The Morgan fingerprint density at radius 2 is 1.89 bits per heavy atom. The first kappa shape index (κ1) is 20.2. The number of hydrogen-bond donors (Lipinski definition) is 0. The van der Waals surface area contributed by atoms with Crippen LogP contribution in [0.25, 0.3) is 0 Å². The van der Waals surface area contributed by atoms with Gasteiger partial charge in [-0.05, 0) is 11.5 Å². The van der Waals surface area contributed by atoms with Gasteiger partial charge in [-0.1, -0.05) is 44.2 Å². The summed E-state index contributed by atoms with van der Waals surface area (Å²) in [7, 11) is 0. The van der Waals surface area contributed by atoms with Crippen LogP contribution in [0.15, 0.2) is 30.3 Å². The topological polar surface area (TPSA) is 108 Å². The molecule has 0 N–H and O–H groups in total. The molecule has 1 atom stereocenters. The highest BCUT2D eigenvalue weighted by Crippen LogP contribution is 2.17. The molecule has 1 heterocycles. The second-order valence-electron chi connectivity index (χ2n) is 6.25. The number of cyclic esters (lactones) is 1. The number of ether oxygens (including phenoxy) is 4. The Morgan fingerprint density at radius 1 is 1.19 bits per heavy atom. The number of hydrogen-bond acceptors (Lipinski definition) is 8. The maximum Gasteiger partial charge on any atom is 0.516 e. The lowest BCUT2D eigenvalue weighted by Crippen LogP contribution is -2.40. The van der Waals surface area contributed by atoms with Crippen LogP contribution >= 0.6 is 0 Å². The first-order valence-corrected chi connectivity index (χ1v) is 8.38. The van der Waals surface area contributed by atoms with Crippen molar-refractivity contribution in [3.63, 3.8) is 0 Å². The Balaban J connectivity index is 1.86. The van der Waals surface area contributed by atoms with Crippen LogP contribution in [0.3, 0.4) is 0 Å². The molecule has 0 saturated carbocycles. The van der Waals surface area contributed by atoms with E-state index in [-0.39, 0.29) is 25.9 Å². The fourth-order valence-corrected chi connectivity index (χ4v) is 2.18. The van der Waals surface area contributed by atoms with E-state index in [1.54, 1.807) is 24.3 Å². The molecule has 146 valence electrons. The van der Waals surface area contributed by atoms with Gasteiger partial charge in [0, 0.05) is 0 Å². The summed E-state index contributed by atoms with van der Waals surface area (Å²) < 4.78 is 19.1. The van der Waals surface area contributed by atoms with Crippen LogP contribution < -0.4 is 0 Å². The van der Waals surface area contributed by atoms with E-state index in [1.165, 1.54) is 0 Å². The number of nitrogens with zero attached hydrogens (tertiary/aromatic N) is 1. The Bertz CT molecular complexity index is 688. The lowest BCUT2D eigenvalue weighted by Gasteiger charge is -2.19. The summed E-state index contributed by atoms with van der Waals surface area (Å²) in [5.74, 6) is -1.71. The zero-order valence-electron chi connectivity index (χ0n) is 15.1. The summed E-state index contributed by atoms with van der Waals surface area (Å²) >= 11 is 0. The molecule has 0 bridgehead atoms. The monoisotopic (exact) mass is 379 g/mol. The SMILES string of the molecule is CC(C)COC(=O)OC(=O)C[C@@H]1C(=O)OCN1C(=O)OCc1ccccc1. The number of benzene rings is 1. The van der Waals surface area contributed by atoms with Crippen molar-refractivity contribution in [1.29, 1.82) is 0 Å². The van der Waals surface area contributed by atoms with E-state index in [2.05, 4.69) is 4.74 Å². The van der Waals surface area contributed by atoms with Crippen molar-refractivity contribution in [2.24, 2.45) is 5.92 Å². The lowest BCUT2D eigenvalue weighted by atomic mass is 10.2. The van der Waals surface area contributed by atoms with Gasteiger partial charge in [-0.2, -0.15) is 0 Å². The zero-order chi connectivity index (χ0) is 19.8. The molecular weight excluding hydrogens is 358 g/mol. The minimum Gasteiger partial charge on any atom is -0.444 e. The summed E-state index contributed by atoms with van der Waals surface area (Å²) in [5, 5.41) is 0. The van der Waals surface area contributed by atoms with Gasteiger partial charge in [0.25, 0.3) is 0 Å². The van der Waals surface area contributed by atoms with E-state index in [1.807, 2.05) is 19.9 Å². The molecule has 1 saturated heterocycles. The van der Waals surface area contributed by atoms with Crippen LogP contribution in [0.5, 0.6) is 0 Å². The third-order valence-electron chi connectivity index (χ3n) is 3.53. The van der Waals surface area contributed by atoms with Crippen LogP contribution in [-0.4, -0.2) is 48.5 Å². The summed E-state index contributed by atoms with van der Waals surface area (Å²) in [5.41, 5.74) is 0.765. The van der Waals surface area contributed by atoms with Gasteiger partial charge in [0.15, 0.2) is 6.73 Å². The molecule has 1 amide bonds. The molecule has 0 spiro atoms. The first-order chi connectivity index (χ1) is 12.9. The standard InChI is InChI=1S/C18H21NO8/c1-12(2)9-25-18(23)27-15(20)8-14-16(21)26-11-19(14)17(22)24-10-13-6-4-3-5-7-13/h3-7,12,14H,8-11H2,1-2H3/t14-/m1/s1. The number of rotatable bonds is 6. The van der Waals surface area contributed by atoms with Crippen molar-refractivity contribution in [3.8, 4) is 0 Å². The number of carbonyl (C=O) groups is 4. The smallest absolute Gasteiger partial charge is 0.444 e. The predicted molar refractivity (Wildman–Crippen MR) is 90.1 cm³/mol. The van der Waals surface area contributed by atoms with Crippen LogP contribution in [-0.2, 0) is 35.1 Å². The minimum atomic E-state index is -1.22. The summed E-state index contributed by atoms with van der Waals surface area (Å²) in [4.78, 5) is 48.2. The van der Waals surface area contributed by atoms with Gasteiger partial charge < -0.3 is 18.9 Å². The zero-order valence-corrected chi connectivity index (χ0v) is 15.1. The molecule has 1 fully saturated rings. The number of carbonyl (C=O) groups excluding carboxylic acids is 4. The molecule has 9 heteroatoms. The van der Waals surface area contributed by atoms with Crippen LogP contribution in [0, 0.1) is 5.92 Å². The van der Waals surface area contributed by atoms with Crippen molar-refractivity contribution in [2.45, 2.75) is 32.9 Å².